The van der Waals surface area contributed by atoms with Gasteiger partial charge in [-0.05, 0) is 0 Å². The molecule has 218 valence electrons. The van der Waals surface area contributed by atoms with E-state index in [2.05, 4.69) is 114 Å². The fourth-order valence-corrected chi connectivity index (χ4v) is 10.0. The second-order valence-corrected chi connectivity index (χ2v) is 14.8. The number of carbonyl (C=O) groups excluding carboxylic acids is 1. The van der Waals surface area contributed by atoms with Crippen LogP contribution in [-0.4, -0.2) is 37.1 Å². The van der Waals surface area contributed by atoms with Crippen LogP contribution in [0.1, 0.15) is 44.2 Å². The monoisotopic (exact) mass is 657 g/mol. The van der Waals surface area contributed by atoms with Crippen LogP contribution in [0.5, 0.6) is 0 Å². The molecule has 1 N–H and O–H groups in total. The van der Waals surface area contributed by atoms with Gasteiger partial charge in [0.05, 0.1) is 0 Å². The number of allylic oxidation sites excluding steroid dienone is 2. The average molecular weight is 657 g/mol. The molecule has 2 aromatic heterocycles. The molecule has 0 atom stereocenters. The Labute approximate surface area is 271 Å². The first-order chi connectivity index (χ1) is 22.4. The zero-order chi connectivity index (χ0) is 31.2. The van der Waals surface area contributed by atoms with E-state index in [1.807, 2.05) is 30.3 Å². The van der Waals surface area contributed by atoms with Crippen molar-refractivity contribution in [2.24, 2.45) is 4.99 Å². The van der Waals surface area contributed by atoms with E-state index in [1.165, 1.54) is 48.6 Å². The van der Waals surface area contributed by atoms with E-state index in [9.17, 15) is 4.79 Å². The molecule has 2 aliphatic rings. The summed E-state index contributed by atoms with van der Waals surface area (Å²) in [6, 6.07) is 38.6. The van der Waals surface area contributed by atoms with Crippen molar-refractivity contribution in [1.29, 1.82) is 5.41 Å². The van der Waals surface area contributed by atoms with E-state index in [0.29, 0.717) is 16.7 Å². The van der Waals surface area contributed by atoms with Crippen molar-refractivity contribution in [3.8, 4) is 16.8 Å². The topological polar surface area (TPSA) is 58.2 Å². The van der Waals surface area contributed by atoms with Gasteiger partial charge >= 0.3 is 273 Å². The van der Waals surface area contributed by atoms with Gasteiger partial charge in [0.15, 0.2) is 0 Å². The van der Waals surface area contributed by atoms with Gasteiger partial charge in [-0.1, -0.05) is 0 Å². The van der Waals surface area contributed by atoms with Gasteiger partial charge in [-0.25, -0.2) is 0 Å². The van der Waals surface area contributed by atoms with Crippen LogP contribution in [0.15, 0.2) is 120 Å². The van der Waals surface area contributed by atoms with Gasteiger partial charge in [0.25, 0.3) is 0 Å². The van der Waals surface area contributed by atoms with Crippen molar-refractivity contribution in [1.82, 2.24) is 4.57 Å². The third kappa shape index (κ3) is 3.77. The van der Waals surface area contributed by atoms with Crippen LogP contribution in [0.4, 0.5) is 0 Å². The molecule has 2 heterocycles. The van der Waals surface area contributed by atoms with E-state index in [-0.39, 0.29) is 25.7 Å². The second-order valence-electron chi connectivity index (χ2n) is 12.5. The van der Waals surface area contributed by atoms with Gasteiger partial charge in [0.2, 0.25) is 0 Å². The molecular formula is C41H27N3OSe. The molecule has 0 saturated carbocycles. The van der Waals surface area contributed by atoms with Crippen LogP contribution in [0.25, 0.3) is 61.0 Å². The molecular weight excluding hydrogens is 629 g/mol. The van der Waals surface area contributed by atoms with Gasteiger partial charge in [-0.15, -0.1) is 0 Å². The number of ketones is 1. The molecule has 4 nitrogen and oxygen atoms in total. The summed E-state index contributed by atoms with van der Waals surface area (Å²) in [5.74, 6) is 3.00. The van der Waals surface area contributed by atoms with Gasteiger partial charge in [0, 0.05) is 0 Å². The first kappa shape index (κ1) is 27.0. The first-order valence-corrected chi connectivity index (χ1v) is 17.0. The van der Waals surface area contributed by atoms with E-state index in [4.69, 9.17) is 5.41 Å². The molecule has 0 spiro atoms. The molecule has 0 saturated heterocycles. The number of fused-ring (bicyclic) bond motifs is 8. The number of nitrogens with zero attached hydrogens (tertiary/aromatic N) is 2. The fraction of sp³-hybridized carbons (Fsp3) is 0.0732. The van der Waals surface area contributed by atoms with Crippen LogP contribution < -0.4 is 0 Å². The average Bonchev–Trinajstić information content (AvgIpc) is 3.78. The number of nitrogens with one attached hydrogen (secondary N) is 1. The molecule has 46 heavy (non-hydrogen) atoms. The summed E-state index contributed by atoms with van der Waals surface area (Å²) in [6.45, 7) is 4.67. The van der Waals surface area contributed by atoms with Crippen LogP contribution in [-0.2, 0) is 5.41 Å². The Morgan fingerprint density at radius 3 is 2.11 bits per heavy atom. The van der Waals surface area contributed by atoms with Gasteiger partial charge in [-0.3, -0.25) is 0 Å². The second kappa shape index (κ2) is 9.84. The number of hydrogen-bond donors (Lipinski definition) is 1. The zero-order valence-electron chi connectivity index (χ0n) is 25.3. The Balaban J connectivity index is 1.17. The van der Waals surface area contributed by atoms with Crippen LogP contribution in [0, 0.1) is 5.41 Å². The third-order valence-corrected chi connectivity index (χ3v) is 12.5. The summed E-state index contributed by atoms with van der Waals surface area (Å²) in [6.07, 6.45) is 3.02. The molecule has 5 heteroatoms. The minimum absolute atomic E-state index is 0.0114. The minimum atomic E-state index is -0.142. The summed E-state index contributed by atoms with van der Waals surface area (Å²) in [5, 5.41) is 12.1. The van der Waals surface area contributed by atoms with E-state index < -0.39 is 0 Å². The molecule has 0 amide bonds. The van der Waals surface area contributed by atoms with Gasteiger partial charge in [-0.2, -0.15) is 0 Å². The zero-order valence-corrected chi connectivity index (χ0v) is 27.0. The summed E-state index contributed by atoms with van der Waals surface area (Å²) in [7, 11) is 0. The van der Waals surface area contributed by atoms with Crippen molar-refractivity contribution >= 4 is 76.7 Å². The quantitative estimate of drug-likeness (QED) is 0.0877. The molecule has 0 radical (unpaired) electrons. The van der Waals surface area contributed by atoms with Crippen LogP contribution in [0.3, 0.4) is 0 Å². The van der Waals surface area contributed by atoms with Crippen LogP contribution >= 0.6 is 0 Å². The molecule has 0 unspecified atom stereocenters. The number of aliphatic imine (C=N–C) groups is 1. The summed E-state index contributed by atoms with van der Waals surface area (Å²) < 4.78 is 4.99. The molecule has 7 aromatic rings. The van der Waals surface area contributed by atoms with Gasteiger partial charge in [0.1, 0.15) is 0 Å². The van der Waals surface area contributed by atoms with Crippen molar-refractivity contribution in [3.05, 3.63) is 140 Å². The third-order valence-electron chi connectivity index (χ3n) is 9.57. The van der Waals surface area contributed by atoms with Crippen molar-refractivity contribution in [2.45, 2.75) is 19.3 Å². The summed E-state index contributed by atoms with van der Waals surface area (Å²) in [5.41, 5.74) is 10.1. The number of benzene rings is 5. The van der Waals surface area contributed by atoms with E-state index >= 15 is 0 Å². The number of hydrogen-bond acceptors (Lipinski definition) is 2. The van der Waals surface area contributed by atoms with Gasteiger partial charge < -0.3 is 0 Å². The number of carbonyl (C=O) groups is 1. The number of aromatic nitrogens is 1. The molecule has 5 aromatic carbocycles. The Morgan fingerprint density at radius 1 is 0.761 bits per heavy atom. The normalized spacial score (nSPS) is 15.4. The number of Topliss-reactive ketones (excluding diaryl/α,β-unsaturated/α-hetero) is 1. The summed E-state index contributed by atoms with van der Waals surface area (Å²) >= 11 is 0.0431. The molecule has 0 aliphatic heterocycles. The SMILES string of the molecule is CC1(C)c2cc(-n3c4ccccc4c4ccccc43)ccc2-c2cc(/C=C3\C(=O)c4cc5ccccc5cc4C3=C=NC=N)[se]c21. The summed E-state index contributed by atoms with van der Waals surface area (Å²) in [4.78, 5) is 17.9. The van der Waals surface area contributed by atoms with Crippen molar-refractivity contribution < 1.29 is 4.79 Å². The van der Waals surface area contributed by atoms with E-state index in [0.717, 1.165) is 27.1 Å². The van der Waals surface area contributed by atoms with Crippen molar-refractivity contribution in [3.63, 3.8) is 0 Å². The maximum atomic E-state index is 13.8. The first-order valence-electron chi connectivity index (χ1n) is 15.3. The van der Waals surface area contributed by atoms with Crippen LogP contribution in [0.2, 0.25) is 0 Å². The standard InChI is InChI=1S/C41H27N3OSe/c1-41(2)36-19-26(44-37-13-7-5-11-29(37)30-12-6-8-14-38(30)44)15-16-28(36)34-21-27(46-40(34)41)20-33-35(22-43-23-42)31-17-24-9-3-4-10-25(24)18-32(31)39(33)45/h3-21,23,42H,1-2H3/b33-20-,42-23?. The predicted molar refractivity (Wildman–Crippen MR) is 191 cm³/mol. The molecule has 0 fully saturated rings. The maximum absolute atomic E-state index is 13.8. The predicted octanol–water partition coefficient (Wildman–Crippen LogP) is 9.24. The van der Waals surface area contributed by atoms with Crippen molar-refractivity contribution in [2.75, 3.05) is 0 Å². The molecule has 2 aliphatic carbocycles. The number of rotatable bonds is 3. The molecule has 0 bridgehead atoms. The number of para-hydroxylation sites is 2. The fourth-order valence-electron chi connectivity index (χ4n) is 7.43. The van der Waals surface area contributed by atoms with E-state index in [1.54, 1.807) is 0 Å². The molecule has 9 rings (SSSR count). The Kier molecular flexibility index (Phi) is 5.79. The Morgan fingerprint density at radius 2 is 1.41 bits per heavy atom. The Hall–Kier alpha value is -5.31. The Bertz CT molecular complexity index is 2530.